The number of esters is 1. The third-order valence-corrected chi connectivity index (χ3v) is 4.15. The Bertz CT molecular complexity index is 586. The van der Waals surface area contributed by atoms with Gasteiger partial charge in [0.05, 0.1) is 17.2 Å². The summed E-state index contributed by atoms with van der Waals surface area (Å²) in [6.45, 7) is 4.32. The largest absolute Gasteiger partial charge is 0.462 e. The molecule has 2 N–H and O–H groups in total. The zero-order valence-corrected chi connectivity index (χ0v) is 13.0. The van der Waals surface area contributed by atoms with Crippen molar-refractivity contribution in [2.24, 2.45) is 11.1 Å². The summed E-state index contributed by atoms with van der Waals surface area (Å²) in [7, 11) is -3.97. The Labute approximate surface area is 124 Å². The van der Waals surface area contributed by atoms with Gasteiger partial charge in [0.1, 0.15) is 4.90 Å². The second kappa shape index (κ2) is 7.06. The van der Waals surface area contributed by atoms with Gasteiger partial charge in [-0.05, 0) is 30.5 Å². The van der Waals surface area contributed by atoms with Gasteiger partial charge in [-0.25, -0.2) is 18.4 Å². The molecule has 0 amide bonds. The molecule has 0 heterocycles. The Morgan fingerprint density at radius 1 is 1.45 bits per heavy atom. The molecule has 1 atom stereocenters. The van der Waals surface area contributed by atoms with Gasteiger partial charge in [-0.3, -0.25) is 0 Å². The van der Waals surface area contributed by atoms with Crippen molar-refractivity contribution in [2.45, 2.75) is 31.6 Å². The van der Waals surface area contributed by atoms with E-state index in [-0.39, 0.29) is 21.4 Å². The third kappa shape index (κ3) is 4.77. The van der Waals surface area contributed by atoms with Crippen LogP contribution in [0.25, 0.3) is 0 Å². The molecule has 0 radical (unpaired) electrons. The van der Waals surface area contributed by atoms with Crippen LogP contribution in [0.4, 0.5) is 0 Å². The van der Waals surface area contributed by atoms with Crippen molar-refractivity contribution in [1.82, 2.24) is 0 Å². The van der Waals surface area contributed by atoms with Gasteiger partial charge in [-0.2, -0.15) is 0 Å². The van der Waals surface area contributed by atoms with Crippen molar-refractivity contribution in [1.29, 1.82) is 0 Å². The lowest BCUT2D eigenvalue weighted by Gasteiger charge is -2.11. The lowest BCUT2D eigenvalue weighted by Crippen LogP contribution is -2.15. The van der Waals surface area contributed by atoms with Gasteiger partial charge in [0.2, 0.25) is 10.0 Å². The molecule has 1 aromatic rings. The molecule has 0 fully saturated rings. The quantitative estimate of drug-likeness (QED) is 0.816. The molecule has 0 bridgehead atoms. The maximum atomic E-state index is 11.8. The molecular formula is C13H18ClNO4S. The molecule has 20 heavy (non-hydrogen) atoms. The summed E-state index contributed by atoms with van der Waals surface area (Å²) in [5.74, 6) is -0.330. The molecule has 0 saturated carbocycles. The van der Waals surface area contributed by atoms with Gasteiger partial charge in [0, 0.05) is 0 Å². The Hall–Kier alpha value is -1.11. The monoisotopic (exact) mass is 319 g/mol. The lowest BCUT2D eigenvalue weighted by atomic mass is 10.1. The van der Waals surface area contributed by atoms with E-state index in [1.54, 1.807) is 0 Å². The Kier molecular flexibility index (Phi) is 5.98. The summed E-state index contributed by atoms with van der Waals surface area (Å²) in [6, 6.07) is 3.85. The summed E-state index contributed by atoms with van der Waals surface area (Å²) >= 11 is 5.74. The van der Waals surface area contributed by atoms with E-state index in [9.17, 15) is 13.2 Å². The Morgan fingerprint density at radius 3 is 2.65 bits per heavy atom. The van der Waals surface area contributed by atoms with Crippen LogP contribution in [0.3, 0.4) is 0 Å². The molecule has 0 saturated heterocycles. The predicted octanol–water partition coefficient (Wildman–Crippen LogP) is 2.58. The fourth-order valence-electron chi connectivity index (χ4n) is 1.73. The average molecular weight is 320 g/mol. The van der Waals surface area contributed by atoms with E-state index >= 15 is 0 Å². The van der Waals surface area contributed by atoms with Crippen molar-refractivity contribution in [3.63, 3.8) is 0 Å². The Balaban J connectivity index is 2.85. The van der Waals surface area contributed by atoms with Crippen LogP contribution in [0, 0.1) is 5.92 Å². The summed E-state index contributed by atoms with van der Waals surface area (Å²) in [6.07, 6.45) is 1.96. The molecule has 1 aromatic carbocycles. The summed E-state index contributed by atoms with van der Waals surface area (Å²) in [4.78, 5) is 11.6. The van der Waals surface area contributed by atoms with Crippen LogP contribution in [0.5, 0.6) is 0 Å². The number of hydrogen-bond acceptors (Lipinski definition) is 4. The van der Waals surface area contributed by atoms with E-state index in [4.69, 9.17) is 21.5 Å². The SMILES string of the molecule is CCCC(C)COC(=O)c1ccc(Cl)c(S(N)(=O)=O)c1. The maximum Gasteiger partial charge on any atom is 0.338 e. The van der Waals surface area contributed by atoms with Crippen LogP contribution in [0.1, 0.15) is 37.0 Å². The van der Waals surface area contributed by atoms with Crippen molar-refractivity contribution in [3.8, 4) is 0 Å². The number of nitrogens with two attached hydrogens (primary N) is 1. The summed E-state index contributed by atoms with van der Waals surface area (Å²) in [5, 5.41) is 5.00. The highest BCUT2D eigenvalue weighted by atomic mass is 35.5. The first-order valence-corrected chi connectivity index (χ1v) is 8.17. The molecule has 0 aliphatic rings. The standard InChI is InChI=1S/C13H18ClNO4S/c1-3-4-9(2)8-19-13(16)10-5-6-11(14)12(7-10)20(15,17)18/h5-7,9H,3-4,8H2,1-2H3,(H2,15,17,18). The number of sulfonamides is 1. The molecule has 0 spiro atoms. The van der Waals surface area contributed by atoms with Crippen molar-refractivity contribution in [2.75, 3.05) is 6.61 Å². The number of halogens is 1. The minimum Gasteiger partial charge on any atom is -0.462 e. The number of ether oxygens (including phenoxy) is 1. The van der Waals surface area contributed by atoms with Gasteiger partial charge in [-0.1, -0.05) is 31.9 Å². The molecule has 7 heteroatoms. The van der Waals surface area contributed by atoms with Gasteiger partial charge in [0.15, 0.2) is 0 Å². The van der Waals surface area contributed by atoms with E-state index in [0.717, 1.165) is 18.9 Å². The normalized spacial score (nSPS) is 13.0. The second-order valence-corrected chi connectivity index (χ2v) is 6.62. The molecule has 112 valence electrons. The van der Waals surface area contributed by atoms with E-state index in [2.05, 4.69) is 6.92 Å². The van der Waals surface area contributed by atoms with Gasteiger partial charge in [-0.15, -0.1) is 0 Å². The van der Waals surface area contributed by atoms with Crippen molar-refractivity contribution >= 4 is 27.6 Å². The summed E-state index contributed by atoms with van der Waals surface area (Å²) < 4.78 is 27.8. The number of primary sulfonamides is 1. The average Bonchev–Trinajstić information content (AvgIpc) is 2.35. The predicted molar refractivity (Wildman–Crippen MR) is 77.2 cm³/mol. The molecule has 1 unspecified atom stereocenters. The highest BCUT2D eigenvalue weighted by Crippen LogP contribution is 2.22. The zero-order chi connectivity index (χ0) is 15.3. The van der Waals surface area contributed by atoms with Crippen LogP contribution in [0.15, 0.2) is 23.1 Å². The lowest BCUT2D eigenvalue weighted by molar-refractivity contribution is 0.0443. The van der Waals surface area contributed by atoms with Gasteiger partial charge in [0.25, 0.3) is 0 Å². The molecule has 0 aromatic heterocycles. The second-order valence-electron chi connectivity index (χ2n) is 4.68. The maximum absolute atomic E-state index is 11.8. The smallest absolute Gasteiger partial charge is 0.338 e. The van der Waals surface area contributed by atoms with Crippen LogP contribution >= 0.6 is 11.6 Å². The van der Waals surface area contributed by atoms with E-state index in [1.807, 2.05) is 6.92 Å². The summed E-state index contributed by atoms with van der Waals surface area (Å²) in [5.41, 5.74) is 0.113. The number of benzene rings is 1. The van der Waals surface area contributed by atoms with Crippen LogP contribution in [0.2, 0.25) is 5.02 Å². The number of carbonyl (C=O) groups is 1. The third-order valence-electron chi connectivity index (χ3n) is 2.75. The number of carbonyl (C=O) groups excluding carboxylic acids is 1. The first-order chi connectivity index (χ1) is 9.25. The Morgan fingerprint density at radius 2 is 2.10 bits per heavy atom. The van der Waals surface area contributed by atoms with E-state index in [0.29, 0.717) is 6.61 Å². The van der Waals surface area contributed by atoms with E-state index in [1.165, 1.54) is 12.1 Å². The van der Waals surface area contributed by atoms with Crippen molar-refractivity contribution < 1.29 is 17.9 Å². The molecule has 1 rings (SSSR count). The van der Waals surface area contributed by atoms with Crippen molar-refractivity contribution in [3.05, 3.63) is 28.8 Å². The fraction of sp³-hybridized carbons (Fsp3) is 0.462. The number of rotatable bonds is 6. The minimum absolute atomic E-state index is 0.0246. The van der Waals surface area contributed by atoms with Crippen LogP contribution < -0.4 is 5.14 Å². The zero-order valence-electron chi connectivity index (χ0n) is 11.4. The highest BCUT2D eigenvalue weighted by molar-refractivity contribution is 7.89. The minimum atomic E-state index is -3.97. The molecule has 0 aliphatic carbocycles. The first-order valence-electron chi connectivity index (χ1n) is 6.25. The molecular weight excluding hydrogens is 302 g/mol. The van der Waals surface area contributed by atoms with Crippen LogP contribution in [-0.2, 0) is 14.8 Å². The molecule has 5 nitrogen and oxygen atoms in total. The van der Waals surface area contributed by atoms with Crippen LogP contribution in [-0.4, -0.2) is 21.0 Å². The van der Waals surface area contributed by atoms with E-state index < -0.39 is 16.0 Å². The van der Waals surface area contributed by atoms with Gasteiger partial charge < -0.3 is 4.74 Å². The number of hydrogen-bond donors (Lipinski definition) is 1. The fourth-order valence-corrected chi connectivity index (χ4v) is 2.80. The highest BCUT2D eigenvalue weighted by Gasteiger charge is 2.17. The topological polar surface area (TPSA) is 86.5 Å². The molecule has 0 aliphatic heterocycles. The first kappa shape index (κ1) is 16.9. The van der Waals surface area contributed by atoms with Gasteiger partial charge >= 0.3 is 5.97 Å².